The van der Waals surface area contributed by atoms with Crippen molar-refractivity contribution in [1.82, 2.24) is 31.9 Å². The van der Waals surface area contributed by atoms with Crippen LogP contribution in [0.4, 0.5) is 0 Å². The van der Waals surface area contributed by atoms with E-state index in [1.54, 1.807) is 13.8 Å². The molecule has 10 atom stereocenters. The van der Waals surface area contributed by atoms with E-state index in [1.807, 2.05) is 27.7 Å². The minimum absolute atomic E-state index is 0.00845. The van der Waals surface area contributed by atoms with E-state index < -0.39 is 156 Å². The number of rotatable bonds is 25. The van der Waals surface area contributed by atoms with Gasteiger partial charge in [-0.2, -0.15) is 0 Å². The molecule has 0 spiro atoms. The normalized spacial score (nSPS) is 22.4. The lowest BCUT2D eigenvalue weighted by Crippen LogP contribution is -2.61. The Hall–Kier alpha value is -7.51. The van der Waals surface area contributed by atoms with E-state index in [1.165, 1.54) is 56.5 Å². The fraction of sp³-hybridized carbons (Fsp3) is 0.557. The summed E-state index contributed by atoms with van der Waals surface area (Å²) in [6.45, 7) is 10.8. The molecule has 2 fully saturated rings. The second-order valence-electron chi connectivity index (χ2n) is 24.0. The molecule has 1 aliphatic heterocycles. The van der Waals surface area contributed by atoms with Gasteiger partial charge < -0.3 is 76.8 Å². The van der Waals surface area contributed by atoms with Crippen molar-refractivity contribution in [3.63, 3.8) is 0 Å². The Morgan fingerprint density at radius 3 is 1.91 bits per heavy atom. The van der Waals surface area contributed by atoms with Crippen molar-refractivity contribution in [3.05, 3.63) is 81.4 Å². The number of ether oxygens (including phenoxy) is 3. The Bertz CT molecular complexity index is 3030. The standard InChI is InChI=1S/C61H80N6O18/c1-28(2)19-38(65-56(77)33-11-9-12-33)57(78)62-26-45(71)63-39(20-29(3)4)58(79)67-41(22-32-15-17-34(69)18-16-32)60(81)66-40(21-30(5)6)59(80)64-37-23-46(84-31(7)51(37)72)85-43-25-61(82,44(70)27-68)24-36-48(43)55(76)50-49(53(36)74)52(73)35-13-10-14-42(83-8)47(35)54(50)75/h10,13-18,28-31,33,37-41,43,46,51,68-69,72,74,76,82H,9,11-12,19-27H2,1-8H3,(H,62,78)(H,63,71)(H,64,80)(H,65,77)(H,66,81)(H,67,79)/t31-,37-,38-,39-,40-,41-,43-,46-,51+,61-/m0/s1. The van der Waals surface area contributed by atoms with Gasteiger partial charge >= 0.3 is 0 Å². The molecule has 4 aliphatic rings. The van der Waals surface area contributed by atoms with Gasteiger partial charge in [-0.3, -0.25) is 43.2 Å². The number of methoxy groups -OCH3 is 1. The van der Waals surface area contributed by atoms with Crippen LogP contribution in [0.25, 0.3) is 0 Å². The van der Waals surface area contributed by atoms with E-state index in [-0.39, 0.29) is 89.0 Å². The molecule has 0 unspecified atom stereocenters. The summed E-state index contributed by atoms with van der Waals surface area (Å²) < 4.78 is 17.8. The van der Waals surface area contributed by atoms with Crippen LogP contribution in [0, 0.1) is 23.7 Å². The molecule has 1 heterocycles. The van der Waals surface area contributed by atoms with Crippen molar-refractivity contribution in [1.29, 1.82) is 0 Å². The summed E-state index contributed by atoms with van der Waals surface area (Å²) in [7, 11) is 1.28. The first-order valence-electron chi connectivity index (χ1n) is 28.9. The average molecular weight is 1190 g/mol. The predicted octanol–water partition coefficient (Wildman–Crippen LogP) is 2.10. The Labute approximate surface area is 492 Å². The monoisotopic (exact) mass is 1180 g/mol. The number of fused-ring (bicyclic) bond motifs is 3. The van der Waals surface area contributed by atoms with Crippen LogP contribution in [-0.4, -0.2) is 158 Å². The first-order chi connectivity index (χ1) is 40.1. The number of benzene rings is 3. The van der Waals surface area contributed by atoms with Crippen LogP contribution >= 0.6 is 0 Å². The van der Waals surface area contributed by atoms with Gasteiger partial charge in [-0.25, -0.2) is 0 Å². The summed E-state index contributed by atoms with van der Waals surface area (Å²) in [5, 5.41) is 83.6. The zero-order valence-corrected chi connectivity index (χ0v) is 49.1. The van der Waals surface area contributed by atoms with E-state index in [0.717, 1.165) is 19.3 Å². The maximum atomic E-state index is 14.6. The third kappa shape index (κ3) is 15.1. The third-order valence-electron chi connectivity index (χ3n) is 16.0. The van der Waals surface area contributed by atoms with Gasteiger partial charge in [0.05, 0.1) is 48.6 Å². The van der Waals surface area contributed by atoms with Crippen molar-refractivity contribution in [3.8, 4) is 23.0 Å². The van der Waals surface area contributed by atoms with Gasteiger partial charge in [0.1, 0.15) is 65.5 Å². The SMILES string of the molecule is COc1cccc2c1C(=O)c1c(O)c3c(c(O)c1C2=O)C[C@@](O)(C(=O)CO)C[C@@H]3O[C@H]1C[C@H](NC(=O)[C@H](CC(C)C)NC(=O)[C@H](Cc2ccc(O)cc2)NC(=O)[C@H](CC(C)C)NC(=O)CNC(=O)[C@H](CC(C)C)NC(=O)C2CCC2)[C@H](O)[C@H](C)O1. The summed E-state index contributed by atoms with van der Waals surface area (Å²) in [4.78, 5) is 124. The maximum absolute atomic E-state index is 14.6. The number of Topliss-reactive ketones (excluding diaryl/α,β-unsaturated/α-hetero) is 1. The fourth-order valence-corrected chi connectivity index (χ4v) is 11.4. The molecule has 24 nitrogen and oxygen atoms in total. The smallest absolute Gasteiger partial charge is 0.243 e. The first kappa shape index (κ1) is 65.0. The lowest BCUT2D eigenvalue weighted by Gasteiger charge is -2.43. The van der Waals surface area contributed by atoms with Crippen molar-refractivity contribution in [2.45, 2.75) is 173 Å². The largest absolute Gasteiger partial charge is 0.508 e. The van der Waals surface area contributed by atoms with Gasteiger partial charge in [-0.1, -0.05) is 72.2 Å². The van der Waals surface area contributed by atoms with Crippen LogP contribution in [0.15, 0.2) is 42.5 Å². The van der Waals surface area contributed by atoms with E-state index in [4.69, 9.17) is 14.2 Å². The van der Waals surface area contributed by atoms with Crippen molar-refractivity contribution in [2.75, 3.05) is 20.3 Å². The highest BCUT2D eigenvalue weighted by molar-refractivity contribution is 6.31. The highest BCUT2D eigenvalue weighted by Gasteiger charge is 2.51. The number of ketones is 3. The molecule has 0 aromatic heterocycles. The average Bonchev–Trinajstić information content (AvgIpc) is 0.792. The van der Waals surface area contributed by atoms with E-state index in [9.17, 15) is 73.8 Å². The summed E-state index contributed by atoms with van der Waals surface area (Å²) in [6.07, 6.45) is -4.61. The second kappa shape index (κ2) is 27.7. The molecule has 3 aliphatic carbocycles. The van der Waals surface area contributed by atoms with Crippen LogP contribution in [0.3, 0.4) is 0 Å². The highest BCUT2D eigenvalue weighted by atomic mass is 16.7. The number of nitrogens with one attached hydrogen (secondary N) is 6. The number of hydrogen-bond donors (Lipinski definition) is 12. The molecule has 24 heteroatoms. The molecule has 462 valence electrons. The zero-order valence-electron chi connectivity index (χ0n) is 49.1. The number of phenolic OH excluding ortho intramolecular Hbond substituents is 3. The molecule has 0 bridgehead atoms. The van der Waals surface area contributed by atoms with E-state index >= 15 is 0 Å². The van der Waals surface area contributed by atoms with Crippen molar-refractivity contribution in [2.24, 2.45) is 23.7 Å². The molecule has 0 radical (unpaired) electrons. The van der Waals surface area contributed by atoms with Crippen LogP contribution in [0.5, 0.6) is 23.0 Å². The minimum Gasteiger partial charge on any atom is -0.508 e. The van der Waals surface area contributed by atoms with Crippen LogP contribution in [0.2, 0.25) is 0 Å². The first-order valence-corrected chi connectivity index (χ1v) is 28.9. The number of phenols is 3. The quantitative estimate of drug-likeness (QED) is 0.0423. The number of carbonyl (C=O) groups is 9. The number of aliphatic hydroxyl groups is 3. The van der Waals surface area contributed by atoms with Gasteiger partial charge in [0.15, 0.2) is 17.9 Å². The number of aromatic hydroxyl groups is 3. The minimum atomic E-state index is -2.46. The molecule has 3 aromatic rings. The van der Waals surface area contributed by atoms with Gasteiger partial charge in [-0.05, 0) is 80.5 Å². The zero-order chi connectivity index (χ0) is 62.4. The molecule has 6 amide bonds. The Morgan fingerprint density at radius 2 is 1.32 bits per heavy atom. The molecule has 7 rings (SSSR count). The topological polar surface area (TPSA) is 375 Å². The lowest BCUT2D eigenvalue weighted by atomic mass is 9.72. The second-order valence-corrected chi connectivity index (χ2v) is 24.0. The van der Waals surface area contributed by atoms with Gasteiger partial charge in [0.2, 0.25) is 41.2 Å². The number of hydrogen-bond acceptors (Lipinski definition) is 18. The molecule has 1 saturated heterocycles. The van der Waals surface area contributed by atoms with Crippen LogP contribution in [0.1, 0.15) is 154 Å². The molecule has 12 N–H and O–H groups in total. The van der Waals surface area contributed by atoms with Crippen molar-refractivity contribution < 1.29 is 88.0 Å². The van der Waals surface area contributed by atoms with Gasteiger partial charge in [0.25, 0.3) is 0 Å². The lowest BCUT2D eigenvalue weighted by molar-refractivity contribution is -0.249. The molecular formula is C61H80N6O18. The molecular weight excluding hydrogens is 1100 g/mol. The number of amides is 6. The molecule has 85 heavy (non-hydrogen) atoms. The Morgan fingerprint density at radius 1 is 0.729 bits per heavy atom. The Balaban J connectivity index is 1.09. The maximum Gasteiger partial charge on any atom is 0.243 e. The highest BCUT2D eigenvalue weighted by Crippen LogP contribution is 2.52. The summed E-state index contributed by atoms with van der Waals surface area (Å²) in [5.41, 5.74) is -4.08. The summed E-state index contributed by atoms with van der Waals surface area (Å²) in [5.74, 6) is -8.92. The van der Waals surface area contributed by atoms with Crippen molar-refractivity contribution >= 4 is 52.8 Å². The van der Waals surface area contributed by atoms with Crippen LogP contribution < -0.4 is 36.6 Å². The van der Waals surface area contributed by atoms with E-state index in [0.29, 0.717) is 12.0 Å². The number of carbonyl (C=O) groups excluding carboxylic acids is 9. The molecule has 1 saturated carbocycles. The summed E-state index contributed by atoms with van der Waals surface area (Å²) in [6, 6.07) is 4.07. The predicted molar refractivity (Wildman–Crippen MR) is 304 cm³/mol. The summed E-state index contributed by atoms with van der Waals surface area (Å²) >= 11 is 0. The third-order valence-corrected chi connectivity index (χ3v) is 16.0. The van der Waals surface area contributed by atoms with Gasteiger partial charge in [-0.15, -0.1) is 0 Å². The Kier molecular flexibility index (Phi) is 21.2. The number of aliphatic hydroxyl groups excluding tert-OH is 2. The van der Waals surface area contributed by atoms with Crippen LogP contribution in [-0.2, 0) is 55.9 Å². The van der Waals surface area contributed by atoms with E-state index in [2.05, 4.69) is 31.9 Å². The van der Waals surface area contributed by atoms with Gasteiger partial charge in [0, 0.05) is 48.3 Å². The fourth-order valence-electron chi connectivity index (χ4n) is 11.4. The molecule has 3 aromatic carbocycles.